The Bertz CT molecular complexity index is 824. The fourth-order valence-corrected chi connectivity index (χ4v) is 2.01. The molecule has 0 spiro atoms. The summed E-state index contributed by atoms with van der Waals surface area (Å²) >= 11 is 0. The van der Waals surface area contributed by atoms with E-state index in [1.54, 1.807) is 18.3 Å². The van der Waals surface area contributed by atoms with Gasteiger partial charge >= 0.3 is 0 Å². The van der Waals surface area contributed by atoms with Crippen LogP contribution in [0.15, 0.2) is 66.9 Å². The van der Waals surface area contributed by atoms with Gasteiger partial charge in [-0.2, -0.15) is 0 Å². The van der Waals surface area contributed by atoms with Crippen molar-refractivity contribution in [3.05, 3.63) is 77.0 Å². The minimum absolute atomic E-state index is 0.0178. The zero-order valence-electron chi connectivity index (χ0n) is 18.2. The molecule has 0 bridgehead atoms. The molecule has 0 saturated carbocycles. The second-order valence-electron chi connectivity index (χ2n) is 5.27. The summed E-state index contributed by atoms with van der Waals surface area (Å²) in [4.78, 5) is 18.9. The minimum atomic E-state index is -0.438. The van der Waals surface area contributed by atoms with Crippen molar-refractivity contribution in [2.24, 2.45) is 0 Å². The molecule has 0 aliphatic rings. The van der Waals surface area contributed by atoms with Crippen LogP contribution in [0.5, 0.6) is 0 Å². The summed E-state index contributed by atoms with van der Waals surface area (Å²) < 4.78 is 0. The van der Waals surface area contributed by atoms with Gasteiger partial charge in [0.2, 0.25) is 5.95 Å². The van der Waals surface area contributed by atoms with E-state index in [0.29, 0.717) is 11.6 Å². The number of hydrogen-bond donors (Lipinski definition) is 1. The fraction of sp³-hybridized carbons (Fsp3) is 0.304. The molecule has 0 saturated heterocycles. The van der Waals surface area contributed by atoms with Crippen molar-refractivity contribution in [2.45, 2.75) is 48.0 Å². The normalized spacial score (nSPS) is 8.76. The first kappa shape index (κ1) is 25.7. The Labute approximate surface area is 174 Å². The van der Waals surface area contributed by atoms with E-state index in [0.717, 1.165) is 11.3 Å². The number of nitro groups is 1. The summed E-state index contributed by atoms with van der Waals surface area (Å²) in [6.45, 7) is 12.2. The highest BCUT2D eigenvalue weighted by atomic mass is 16.6. The molecule has 0 aliphatic heterocycles. The van der Waals surface area contributed by atoms with Gasteiger partial charge in [0.05, 0.1) is 10.6 Å². The van der Waals surface area contributed by atoms with Gasteiger partial charge in [0, 0.05) is 29.6 Å². The van der Waals surface area contributed by atoms with Gasteiger partial charge in [-0.3, -0.25) is 10.1 Å². The van der Waals surface area contributed by atoms with Crippen LogP contribution in [0.3, 0.4) is 0 Å². The molecule has 2 aromatic carbocycles. The molecule has 1 heterocycles. The lowest BCUT2D eigenvalue weighted by Crippen LogP contribution is -1.98. The Morgan fingerprint density at radius 3 is 2.14 bits per heavy atom. The molecular formula is C23H32N4O2. The van der Waals surface area contributed by atoms with Crippen molar-refractivity contribution < 1.29 is 4.92 Å². The lowest BCUT2D eigenvalue weighted by molar-refractivity contribution is -0.384. The number of benzene rings is 2. The van der Waals surface area contributed by atoms with Crippen LogP contribution in [-0.4, -0.2) is 14.9 Å². The van der Waals surface area contributed by atoms with Crippen LogP contribution >= 0.6 is 0 Å². The van der Waals surface area contributed by atoms with Gasteiger partial charge < -0.3 is 5.32 Å². The molecule has 156 valence electrons. The Balaban J connectivity index is 0.00000100. The monoisotopic (exact) mass is 396 g/mol. The summed E-state index contributed by atoms with van der Waals surface area (Å²) in [6, 6.07) is 17.8. The molecule has 0 aliphatic carbocycles. The van der Waals surface area contributed by atoms with Crippen molar-refractivity contribution in [1.82, 2.24) is 9.97 Å². The number of anilines is 2. The zero-order valence-corrected chi connectivity index (χ0v) is 18.2. The highest BCUT2D eigenvalue weighted by Gasteiger charge is 2.07. The van der Waals surface area contributed by atoms with Crippen molar-refractivity contribution in [3.63, 3.8) is 0 Å². The maximum atomic E-state index is 10.8. The lowest BCUT2D eigenvalue weighted by atomic mass is 10.1. The van der Waals surface area contributed by atoms with Crippen molar-refractivity contribution in [3.8, 4) is 11.3 Å². The van der Waals surface area contributed by atoms with E-state index in [9.17, 15) is 10.1 Å². The Morgan fingerprint density at radius 1 is 0.931 bits per heavy atom. The van der Waals surface area contributed by atoms with E-state index in [2.05, 4.69) is 29.1 Å². The van der Waals surface area contributed by atoms with E-state index in [1.165, 1.54) is 18.6 Å². The summed E-state index contributed by atoms with van der Waals surface area (Å²) in [5, 5.41) is 13.8. The van der Waals surface area contributed by atoms with Crippen molar-refractivity contribution in [1.29, 1.82) is 0 Å². The van der Waals surface area contributed by atoms with Gasteiger partial charge in [-0.15, -0.1) is 0 Å². The average Bonchev–Trinajstić information content (AvgIpc) is 2.78. The van der Waals surface area contributed by atoms with E-state index in [1.807, 2.05) is 64.1 Å². The van der Waals surface area contributed by atoms with E-state index in [4.69, 9.17) is 0 Å². The van der Waals surface area contributed by atoms with Crippen LogP contribution < -0.4 is 5.32 Å². The number of rotatable bonds is 4. The predicted molar refractivity (Wildman–Crippen MR) is 123 cm³/mol. The second-order valence-corrected chi connectivity index (χ2v) is 5.27. The Morgan fingerprint density at radius 2 is 1.55 bits per heavy atom. The highest BCUT2D eigenvalue weighted by molar-refractivity contribution is 5.62. The third-order valence-electron chi connectivity index (χ3n) is 3.04. The molecule has 3 aromatic rings. The summed E-state index contributed by atoms with van der Waals surface area (Å²) in [5.74, 6) is 0.391. The molecule has 0 amide bonds. The van der Waals surface area contributed by atoms with Gasteiger partial charge in [0.1, 0.15) is 0 Å². The van der Waals surface area contributed by atoms with Crippen molar-refractivity contribution >= 4 is 17.3 Å². The predicted octanol–water partition coefficient (Wildman–Crippen LogP) is 7.26. The Kier molecular flexibility index (Phi) is 14.0. The standard InChI is InChI=1S/C16H12N4O2.C3H8.2C2H6/c21-20(22)14-8-4-7-13(11-14)18-16-17-10-9-15(19-16)12-5-2-1-3-6-12;1-3-2;2*1-2/h1-11H,(H,17,18,19);3H2,1-2H3;2*1-2H3. The number of nitrogens with one attached hydrogen (secondary N) is 1. The third kappa shape index (κ3) is 9.46. The quantitative estimate of drug-likeness (QED) is 0.370. The Hall–Kier alpha value is -3.28. The first-order chi connectivity index (χ1) is 14.1. The molecule has 0 unspecified atom stereocenters. The van der Waals surface area contributed by atoms with Gasteiger partial charge in [-0.25, -0.2) is 9.97 Å². The molecule has 0 fully saturated rings. The van der Waals surface area contributed by atoms with Gasteiger partial charge in [0.25, 0.3) is 5.69 Å². The number of non-ortho nitro benzene ring substituents is 1. The van der Waals surface area contributed by atoms with E-state index in [-0.39, 0.29) is 5.69 Å². The van der Waals surface area contributed by atoms with Crippen LogP contribution in [0.4, 0.5) is 17.3 Å². The number of nitro benzene ring substituents is 1. The largest absolute Gasteiger partial charge is 0.324 e. The van der Waals surface area contributed by atoms with Gasteiger partial charge in [-0.1, -0.05) is 84.4 Å². The zero-order chi connectivity index (χ0) is 22.1. The maximum absolute atomic E-state index is 10.8. The first-order valence-corrected chi connectivity index (χ1v) is 10.0. The molecule has 6 nitrogen and oxygen atoms in total. The molecule has 3 rings (SSSR count). The average molecular weight is 397 g/mol. The molecule has 6 heteroatoms. The molecule has 0 radical (unpaired) electrons. The molecular weight excluding hydrogens is 364 g/mol. The number of aromatic nitrogens is 2. The summed E-state index contributed by atoms with van der Waals surface area (Å²) in [7, 11) is 0. The maximum Gasteiger partial charge on any atom is 0.271 e. The molecule has 29 heavy (non-hydrogen) atoms. The van der Waals surface area contributed by atoms with Crippen LogP contribution in [0.2, 0.25) is 0 Å². The van der Waals surface area contributed by atoms with E-state index >= 15 is 0 Å². The highest BCUT2D eigenvalue weighted by Crippen LogP contribution is 2.21. The lowest BCUT2D eigenvalue weighted by Gasteiger charge is -2.06. The number of nitrogens with zero attached hydrogens (tertiary/aromatic N) is 3. The SMILES string of the molecule is CC.CC.CCC.O=[N+]([O-])c1cccc(Nc2nccc(-c3ccccc3)n2)c1. The van der Waals surface area contributed by atoms with Crippen LogP contribution in [0.25, 0.3) is 11.3 Å². The van der Waals surface area contributed by atoms with Crippen LogP contribution in [0, 0.1) is 10.1 Å². The molecule has 1 aromatic heterocycles. The second kappa shape index (κ2) is 15.7. The molecule has 0 atom stereocenters. The third-order valence-corrected chi connectivity index (χ3v) is 3.04. The summed E-state index contributed by atoms with van der Waals surface area (Å²) in [6.07, 6.45) is 2.90. The minimum Gasteiger partial charge on any atom is -0.324 e. The fourth-order valence-electron chi connectivity index (χ4n) is 2.01. The van der Waals surface area contributed by atoms with Crippen LogP contribution in [-0.2, 0) is 0 Å². The molecule has 1 N–H and O–H groups in total. The van der Waals surface area contributed by atoms with Crippen LogP contribution in [0.1, 0.15) is 48.0 Å². The summed E-state index contributed by atoms with van der Waals surface area (Å²) in [5.41, 5.74) is 2.35. The van der Waals surface area contributed by atoms with Crippen molar-refractivity contribution in [2.75, 3.05) is 5.32 Å². The van der Waals surface area contributed by atoms with Gasteiger partial charge in [0.15, 0.2) is 0 Å². The van der Waals surface area contributed by atoms with Gasteiger partial charge in [-0.05, 0) is 12.1 Å². The topological polar surface area (TPSA) is 81.0 Å². The first-order valence-electron chi connectivity index (χ1n) is 10.0. The smallest absolute Gasteiger partial charge is 0.271 e. The van der Waals surface area contributed by atoms with E-state index < -0.39 is 4.92 Å². The number of hydrogen-bond acceptors (Lipinski definition) is 5.